The molecule has 6 nitrogen and oxygen atoms in total. The lowest BCUT2D eigenvalue weighted by Gasteiger charge is -2.34. The summed E-state index contributed by atoms with van der Waals surface area (Å²) in [5, 5.41) is 7.02. The number of furan rings is 1. The number of nitrogens with zero attached hydrogens (tertiary/aromatic N) is 1. The molecule has 7 heteroatoms. The first kappa shape index (κ1) is 20.9. The third kappa shape index (κ3) is 4.78. The van der Waals surface area contributed by atoms with E-state index in [0.717, 1.165) is 30.6 Å². The van der Waals surface area contributed by atoms with Crippen LogP contribution in [0.25, 0.3) is 11.0 Å². The number of fused-ring (bicyclic) bond motifs is 1. The van der Waals surface area contributed by atoms with Gasteiger partial charge in [-0.05, 0) is 36.8 Å². The van der Waals surface area contributed by atoms with Crippen molar-refractivity contribution >= 4 is 40.9 Å². The number of nitrogens with one attached hydrogen (secondary N) is 2. The predicted octanol–water partition coefficient (Wildman–Crippen LogP) is 3.47. The van der Waals surface area contributed by atoms with Crippen LogP contribution in [-0.4, -0.2) is 42.4 Å². The van der Waals surface area contributed by atoms with Crippen molar-refractivity contribution in [1.29, 1.82) is 0 Å². The molecule has 2 N–H and O–H groups in total. The summed E-state index contributed by atoms with van der Waals surface area (Å²) in [7, 11) is 0. The largest absolute Gasteiger partial charge is 0.451 e. The lowest BCUT2D eigenvalue weighted by Crippen LogP contribution is -2.52. The molecule has 1 fully saturated rings. The van der Waals surface area contributed by atoms with Gasteiger partial charge in [0.2, 0.25) is 5.91 Å². The highest BCUT2D eigenvalue weighted by Gasteiger charge is 2.22. The Hall–Kier alpha value is -2.83. The summed E-state index contributed by atoms with van der Waals surface area (Å²) in [5.74, 6) is 0.107. The minimum atomic E-state index is -0.297. The minimum absolute atomic E-state index is 0. The standard InChI is InChI=1S/C22H23N3O3.ClH/c1-15-14-23-10-11-25(15)21(26)12-16-6-8-18(9-7-16)24-22(27)20-13-17-4-2-3-5-19(17)28-20;/h2-9,13,15,23H,10-12,14H2,1H3,(H,24,27);1H. The van der Waals surface area contributed by atoms with Gasteiger partial charge in [0.15, 0.2) is 5.76 Å². The first-order valence-electron chi connectivity index (χ1n) is 9.49. The Morgan fingerprint density at radius 3 is 2.66 bits per heavy atom. The monoisotopic (exact) mass is 413 g/mol. The van der Waals surface area contributed by atoms with Gasteiger partial charge < -0.3 is 20.0 Å². The molecule has 1 aliphatic heterocycles. The Labute approximate surface area is 175 Å². The molecule has 1 unspecified atom stereocenters. The Balaban J connectivity index is 0.00000240. The van der Waals surface area contributed by atoms with Crippen molar-refractivity contribution in [3.8, 4) is 0 Å². The van der Waals surface area contributed by atoms with Crippen LogP contribution >= 0.6 is 12.4 Å². The molecule has 4 rings (SSSR count). The number of halogens is 1. The number of anilines is 1. The number of piperazine rings is 1. The molecule has 3 aromatic rings. The van der Waals surface area contributed by atoms with Crippen LogP contribution < -0.4 is 10.6 Å². The summed E-state index contributed by atoms with van der Waals surface area (Å²) in [6, 6.07) is 16.8. The van der Waals surface area contributed by atoms with Gasteiger partial charge in [0.05, 0.1) is 6.42 Å². The number of amides is 2. The zero-order chi connectivity index (χ0) is 19.5. The van der Waals surface area contributed by atoms with Gasteiger partial charge in [-0.25, -0.2) is 0 Å². The third-order valence-corrected chi connectivity index (χ3v) is 5.04. The Kier molecular flexibility index (Phi) is 6.56. The van der Waals surface area contributed by atoms with Crippen LogP contribution in [0.15, 0.2) is 59.0 Å². The van der Waals surface area contributed by atoms with Gasteiger partial charge in [0.25, 0.3) is 5.91 Å². The maximum atomic E-state index is 12.5. The van der Waals surface area contributed by atoms with Gasteiger partial charge in [-0.15, -0.1) is 12.4 Å². The average Bonchev–Trinajstić information content (AvgIpc) is 3.14. The molecule has 29 heavy (non-hydrogen) atoms. The molecule has 2 aromatic carbocycles. The van der Waals surface area contributed by atoms with Crippen LogP contribution in [0, 0.1) is 0 Å². The van der Waals surface area contributed by atoms with E-state index in [-0.39, 0.29) is 36.0 Å². The van der Waals surface area contributed by atoms with Crippen molar-refractivity contribution in [3.05, 3.63) is 65.9 Å². The summed E-state index contributed by atoms with van der Waals surface area (Å²) >= 11 is 0. The fourth-order valence-corrected chi connectivity index (χ4v) is 3.48. The van der Waals surface area contributed by atoms with E-state index in [1.807, 2.05) is 53.4 Å². The summed E-state index contributed by atoms with van der Waals surface area (Å²) in [5.41, 5.74) is 2.28. The minimum Gasteiger partial charge on any atom is -0.451 e. The number of hydrogen-bond donors (Lipinski definition) is 2. The van der Waals surface area contributed by atoms with Crippen molar-refractivity contribution in [2.24, 2.45) is 0 Å². The quantitative estimate of drug-likeness (QED) is 0.686. The van der Waals surface area contributed by atoms with Crippen molar-refractivity contribution < 1.29 is 14.0 Å². The highest BCUT2D eigenvalue weighted by Crippen LogP contribution is 2.20. The smallest absolute Gasteiger partial charge is 0.291 e. The topological polar surface area (TPSA) is 74.6 Å². The van der Waals surface area contributed by atoms with Crippen molar-refractivity contribution in [2.45, 2.75) is 19.4 Å². The van der Waals surface area contributed by atoms with E-state index in [1.54, 1.807) is 6.07 Å². The van der Waals surface area contributed by atoms with E-state index in [1.165, 1.54) is 0 Å². The maximum Gasteiger partial charge on any atom is 0.291 e. The fourth-order valence-electron chi connectivity index (χ4n) is 3.48. The Morgan fingerprint density at radius 1 is 1.17 bits per heavy atom. The van der Waals surface area contributed by atoms with Crippen LogP contribution in [-0.2, 0) is 11.2 Å². The SMILES string of the molecule is CC1CNCCN1C(=O)Cc1ccc(NC(=O)c2cc3ccccc3o2)cc1.Cl. The molecule has 2 amide bonds. The van der Waals surface area contributed by atoms with Gasteiger partial charge in [-0.3, -0.25) is 9.59 Å². The first-order chi connectivity index (χ1) is 13.6. The molecular formula is C22H24ClN3O3. The number of hydrogen-bond acceptors (Lipinski definition) is 4. The van der Waals surface area contributed by atoms with Crippen LogP contribution in [0.1, 0.15) is 23.0 Å². The summed E-state index contributed by atoms with van der Waals surface area (Å²) in [6.45, 7) is 4.47. The first-order valence-corrected chi connectivity index (χ1v) is 9.49. The molecule has 0 spiro atoms. The molecule has 152 valence electrons. The fraction of sp³-hybridized carbons (Fsp3) is 0.273. The predicted molar refractivity (Wildman–Crippen MR) is 116 cm³/mol. The molecule has 0 aliphatic carbocycles. The molecule has 1 aromatic heterocycles. The Bertz CT molecular complexity index is 967. The Morgan fingerprint density at radius 2 is 1.93 bits per heavy atom. The van der Waals surface area contributed by atoms with Crippen LogP contribution in [0.5, 0.6) is 0 Å². The zero-order valence-electron chi connectivity index (χ0n) is 16.2. The summed E-state index contributed by atoms with van der Waals surface area (Å²) in [4.78, 5) is 26.9. The van der Waals surface area contributed by atoms with Crippen LogP contribution in [0.2, 0.25) is 0 Å². The molecule has 0 radical (unpaired) electrons. The van der Waals surface area contributed by atoms with Gasteiger partial charge in [0, 0.05) is 36.7 Å². The van der Waals surface area contributed by atoms with E-state index in [0.29, 0.717) is 17.7 Å². The molecule has 1 atom stereocenters. The molecular weight excluding hydrogens is 390 g/mol. The number of para-hydroxylation sites is 1. The van der Waals surface area contributed by atoms with E-state index < -0.39 is 0 Å². The summed E-state index contributed by atoms with van der Waals surface area (Å²) in [6.07, 6.45) is 0.363. The second-order valence-corrected chi connectivity index (χ2v) is 7.12. The van der Waals surface area contributed by atoms with E-state index >= 15 is 0 Å². The maximum absolute atomic E-state index is 12.5. The van der Waals surface area contributed by atoms with Crippen molar-refractivity contribution in [1.82, 2.24) is 10.2 Å². The number of carbonyl (C=O) groups is 2. The van der Waals surface area contributed by atoms with E-state index in [4.69, 9.17) is 4.42 Å². The number of rotatable bonds is 4. The lowest BCUT2D eigenvalue weighted by atomic mass is 10.1. The molecule has 1 saturated heterocycles. The van der Waals surface area contributed by atoms with Crippen molar-refractivity contribution in [3.63, 3.8) is 0 Å². The molecule has 1 aliphatic rings. The second-order valence-electron chi connectivity index (χ2n) is 7.12. The van der Waals surface area contributed by atoms with Gasteiger partial charge in [-0.2, -0.15) is 0 Å². The molecule has 2 heterocycles. The van der Waals surface area contributed by atoms with Crippen LogP contribution in [0.4, 0.5) is 5.69 Å². The molecule has 0 bridgehead atoms. The highest BCUT2D eigenvalue weighted by molar-refractivity contribution is 6.04. The van der Waals surface area contributed by atoms with E-state index in [9.17, 15) is 9.59 Å². The lowest BCUT2D eigenvalue weighted by molar-refractivity contribution is -0.133. The van der Waals surface area contributed by atoms with Crippen molar-refractivity contribution in [2.75, 3.05) is 25.0 Å². The summed E-state index contributed by atoms with van der Waals surface area (Å²) < 4.78 is 5.59. The van der Waals surface area contributed by atoms with Gasteiger partial charge >= 0.3 is 0 Å². The van der Waals surface area contributed by atoms with E-state index in [2.05, 4.69) is 17.6 Å². The third-order valence-electron chi connectivity index (χ3n) is 5.04. The number of benzene rings is 2. The normalized spacial score (nSPS) is 16.3. The highest BCUT2D eigenvalue weighted by atomic mass is 35.5. The molecule has 0 saturated carbocycles. The average molecular weight is 414 g/mol. The van der Waals surface area contributed by atoms with Crippen LogP contribution in [0.3, 0.4) is 0 Å². The van der Waals surface area contributed by atoms with Gasteiger partial charge in [0.1, 0.15) is 5.58 Å². The van der Waals surface area contributed by atoms with Gasteiger partial charge in [-0.1, -0.05) is 30.3 Å². The zero-order valence-corrected chi connectivity index (χ0v) is 17.0. The number of carbonyl (C=O) groups excluding carboxylic acids is 2. The second kappa shape index (κ2) is 9.11.